The van der Waals surface area contributed by atoms with Gasteiger partial charge in [0.2, 0.25) is 5.91 Å². The van der Waals surface area contributed by atoms with E-state index in [0.717, 1.165) is 11.1 Å². The average Bonchev–Trinajstić information content (AvgIpc) is 3.15. The fourth-order valence-corrected chi connectivity index (χ4v) is 4.45. The minimum absolute atomic E-state index is 0.0869. The van der Waals surface area contributed by atoms with Gasteiger partial charge >= 0.3 is 0 Å². The van der Waals surface area contributed by atoms with Crippen molar-refractivity contribution in [1.29, 1.82) is 0 Å². The van der Waals surface area contributed by atoms with Crippen LogP contribution in [0.5, 0.6) is 0 Å². The highest BCUT2D eigenvalue weighted by atomic mass is 19.1. The Balaban J connectivity index is 1.92. The first-order valence-corrected chi connectivity index (χ1v) is 7.79. The number of benzene rings is 2. The summed E-state index contributed by atoms with van der Waals surface area (Å²) in [6, 6.07) is 10.8. The van der Waals surface area contributed by atoms with Crippen LogP contribution in [0, 0.1) is 17.6 Å². The summed E-state index contributed by atoms with van der Waals surface area (Å²) < 4.78 is 27.1. The van der Waals surface area contributed by atoms with Crippen LogP contribution in [-0.4, -0.2) is 5.91 Å². The first-order chi connectivity index (χ1) is 10.9. The molecule has 4 heteroatoms. The van der Waals surface area contributed by atoms with E-state index >= 15 is 0 Å². The van der Waals surface area contributed by atoms with Gasteiger partial charge in [0.15, 0.2) is 0 Å². The van der Waals surface area contributed by atoms with Crippen LogP contribution >= 0.6 is 0 Å². The van der Waals surface area contributed by atoms with E-state index in [2.05, 4.69) is 19.2 Å². The summed E-state index contributed by atoms with van der Waals surface area (Å²) in [5.74, 6) is -0.572. The minimum Gasteiger partial charge on any atom is -0.325 e. The van der Waals surface area contributed by atoms with Crippen molar-refractivity contribution in [3.05, 3.63) is 65.2 Å². The molecule has 0 aromatic heterocycles. The number of fused-ring (bicyclic) bond motifs is 2. The van der Waals surface area contributed by atoms with Gasteiger partial charge in [-0.2, -0.15) is 0 Å². The number of hydrogen-bond acceptors (Lipinski definition) is 1. The molecule has 1 amide bonds. The van der Waals surface area contributed by atoms with Gasteiger partial charge < -0.3 is 5.32 Å². The minimum atomic E-state index is -0.754. The Bertz CT molecular complexity index is 815. The lowest BCUT2D eigenvalue weighted by Gasteiger charge is -2.26. The monoisotopic (exact) mass is 313 g/mol. The lowest BCUT2D eigenvalue weighted by atomic mass is 9.75. The molecular formula is C19H17F2NO. The Morgan fingerprint density at radius 3 is 2.35 bits per heavy atom. The standard InChI is InChI=1S/C19H17F2NO/c1-11(2)18(12-3-5-13(20)6-4-12)10-19(18)15-9-14(21)7-8-16(15)22-17(19)23/h3-9,11H,10H2,1-2H3,(H,22,23). The van der Waals surface area contributed by atoms with Gasteiger partial charge in [0.25, 0.3) is 0 Å². The van der Waals surface area contributed by atoms with E-state index in [-0.39, 0.29) is 23.5 Å². The maximum absolute atomic E-state index is 13.8. The second-order valence-corrected chi connectivity index (χ2v) is 6.86. The first-order valence-electron chi connectivity index (χ1n) is 7.79. The van der Waals surface area contributed by atoms with E-state index in [1.165, 1.54) is 24.3 Å². The molecule has 2 nitrogen and oxygen atoms in total. The molecule has 1 aliphatic carbocycles. The van der Waals surface area contributed by atoms with Crippen molar-refractivity contribution >= 4 is 11.6 Å². The van der Waals surface area contributed by atoms with Crippen LogP contribution in [-0.2, 0) is 15.6 Å². The number of hydrogen-bond donors (Lipinski definition) is 1. The van der Waals surface area contributed by atoms with Crippen LogP contribution in [0.4, 0.5) is 14.5 Å². The molecule has 23 heavy (non-hydrogen) atoms. The number of nitrogens with one attached hydrogen (secondary N) is 1. The molecule has 0 saturated heterocycles. The highest BCUT2D eigenvalue weighted by molar-refractivity contribution is 6.10. The van der Waals surface area contributed by atoms with Crippen LogP contribution in [0.15, 0.2) is 42.5 Å². The number of anilines is 1. The molecule has 1 saturated carbocycles. The molecule has 2 unspecified atom stereocenters. The molecule has 2 aromatic carbocycles. The molecule has 4 rings (SSSR count). The molecule has 1 heterocycles. The van der Waals surface area contributed by atoms with Crippen LogP contribution in [0.25, 0.3) is 0 Å². The summed E-state index contributed by atoms with van der Waals surface area (Å²) in [6.45, 7) is 4.12. The van der Waals surface area contributed by atoms with Crippen molar-refractivity contribution in [3.63, 3.8) is 0 Å². The van der Waals surface area contributed by atoms with Crippen LogP contribution < -0.4 is 5.32 Å². The zero-order valence-corrected chi connectivity index (χ0v) is 13.0. The van der Waals surface area contributed by atoms with Gasteiger partial charge in [0, 0.05) is 11.1 Å². The van der Waals surface area contributed by atoms with Gasteiger partial charge in [-0.25, -0.2) is 8.78 Å². The Hall–Kier alpha value is -2.23. The van der Waals surface area contributed by atoms with E-state index < -0.39 is 10.8 Å². The topological polar surface area (TPSA) is 29.1 Å². The van der Waals surface area contributed by atoms with Crippen molar-refractivity contribution in [2.24, 2.45) is 5.92 Å². The fourth-order valence-electron chi connectivity index (χ4n) is 4.45. The van der Waals surface area contributed by atoms with Gasteiger partial charge in [-0.15, -0.1) is 0 Å². The zero-order chi connectivity index (χ0) is 16.4. The molecule has 1 N–H and O–H groups in total. The van der Waals surface area contributed by atoms with Gasteiger partial charge in [-0.3, -0.25) is 4.79 Å². The van der Waals surface area contributed by atoms with Crippen molar-refractivity contribution < 1.29 is 13.6 Å². The SMILES string of the molecule is CC(C)C1(c2ccc(F)cc2)CC12C(=O)Nc1ccc(F)cc12. The lowest BCUT2D eigenvalue weighted by Crippen LogP contribution is -2.33. The predicted molar refractivity (Wildman–Crippen MR) is 84.2 cm³/mol. The number of carbonyl (C=O) groups excluding carboxylic acids is 1. The highest BCUT2D eigenvalue weighted by Crippen LogP contribution is 2.72. The second-order valence-electron chi connectivity index (χ2n) is 6.86. The third-order valence-corrected chi connectivity index (χ3v) is 5.60. The predicted octanol–water partition coefficient (Wildman–Crippen LogP) is 4.15. The Morgan fingerprint density at radius 2 is 1.70 bits per heavy atom. The van der Waals surface area contributed by atoms with Gasteiger partial charge in [0.1, 0.15) is 11.6 Å². The van der Waals surface area contributed by atoms with Gasteiger partial charge in [-0.05, 0) is 53.8 Å². The summed E-state index contributed by atoms with van der Waals surface area (Å²) in [5, 5.41) is 2.89. The first kappa shape index (κ1) is 14.4. The summed E-state index contributed by atoms with van der Waals surface area (Å²) in [7, 11) is 0. The molecule has 0 radical (unpaired) electrons. The molecule has 1 fully saturated rings. The lowest BCUT2D eigenvalue weighted by molar-refractivity contribution is -0.118. The number of halogens is 2. The highest BCUT2D eigenvalue weighted by Gasteiger charge is 2.76. The smallest absolute Gasteiger partial charge is 0.236 e. The maximum atomic E-state index is 13.8. The third-order valence-electron chi connectivity index (χ3n) is 5.60. The summed E-state index contributed by atoms with van der Waals surface area (Å²) in [5.41, 5.74) is 1.16. The molecule has 1 aliphatic heterocycles. The molecule has 2 atom stereocenters. The van der Waals surface area contributed by atoms with E-state index in [1.807, 2.05) is 0 Å². The summed E-state index contributed by atoms with van der Waals surface area (Å²) >= 11 is 0. The Kier molecular flexibility index (Phi) is 2.75. The quantitative estimate of drug-likeness (QED) is 0.886. The van der Waals surface area contributed by atoms with E-state index in [0.29, 0.717) is 12.1 Å². The van der Waals surface area contributed by atoms with Crippen molar-refractivity contribution in [3.8, 4) is 0 Å². The number of carbonyl (C=O) groups is 1. The van der Waals surface area contributed by atoms with Crippen LogP contribution in [0.1, 0.15) is 31.4 Å². The largest absolute Gasteiger partial charge is 0.325 e. The third kappa shape index (κ3) is 1.64. The normalized spacial score (nSPS) is 28.1. The fraction of sp³-hybridized carbons (Fsp3) is 0.316. The summed E-state index contributed by atoms with van der Waals surface area (Å²) in [4.78, 5) is 12.8. The molecule has 1 spiro atoms. The zero-order valence-electron chi connectivity index (χ0n) is 13.0. The van der Waals surface area contributed by atoms with Crippen molar-refractivity contribution in [2.45, 2.75) is 31.1 Å². The molecule has 0 bridgehead atoms. The van der Waals surface area contributed by atoms with E-state index in [9.17, 15) is 13.6 Å². The van der Waals surface area contributed by atoms with Gasteiger partial charge in [0.05, 0.1) is 5.41 Å². The number of rotatable bonds is 2. The van der Waals surface area contributed by atoms with Gasteiger partial charge in [-0.1, -0.05) is 26.0 Å². The molecular weight excluding hydrogens is 296 g/mol. The molecule has 2 aromatic rings. The second kappa shape index (κ2) is 4.40. The van der Waals surface area contributed by atoms with Crippen LogP contribution in [0.2, 0.25) is 0 Å². The Morgan fingerprint density at radius 1 is 1.04 bits per heavy atom. The van der Waals surface area contributed by atoms with E-state index in [1.54, 1.807) is 18.2 Å². The Labute approximate surface area is 133 Å². The average molecular weight is 313 g/mol. The van der Waals surface area contributed by atoms with Crippen molar-refractivity contribution in [1.82, 2.24) is 0 Å². The van der Waals surface area contributed by atoms with E-state index in [4.69, 9.17) is 0 Å². The van der Waals surface area contributed by atoms with Crippen LogP contribution in [0.3, 0.4) is 0 Å². The molecule has 118 valence electrons. The molecule has 2 aliphatic rings. The summed E-state index contributed by atoms with van der Waals surface area (Å²) in [6.07, 6.45) is 0.617. The number of amides is 1. The maximum Gasteiger partial charge on any atom is 0.236 e. The van der Waals surface area contributed by atoms with Crippen molar-refractivity contribution in [2.75, 3.05) is 5.32 Å².